The van der Waals surface area contributed by atoms with Gasteiger partial charge >= 0.3 is 0 Å². The van der Waals surface area contributed by atoms with Crippen molar-refractivity contribution >= 4 is 39.9 Å². The topological polar surface area (TPSA) is 49.7 Å². The molecule has 0 aliphatic carbocycles. The minimum Gasteiger partial charge on any atom is -0.360 e. The van der Waals surface area contributed by atoms with Gasteiger partial charge < -0.3 is 9.88 Å². The van der Waals surface area contributed by atoms with Crippen LogP contribution in [0.1, 0.15) is 50.1 Å². The van der Waals surface area contributed by atoms with Gasteiger partial charge in [0, 0.05) is 42.2 Å². The highest BCUT2D eigenvalue weighted by molar-refractivity contribution is 6.35. The third kappa shape index (κ3) is 4.81. The van der Waals surface area contributed by atoms with E-state index in [0.717, 1.165) is 58.4 Å². The van der Waals surface area contributed by atoms with Crippen molar-refractivity contribution in [2.24, 2.45) is 0 Å². The molecule has 5 nitrogen and oxygen atoms in total. The van der Waals surface area contributed by atoms with Gasteiger partial charge in [-0.25, -0.2) is 14.1 Å². The van der Waals surface area contributed by atoms with Gasteiger partial charge in [-0.3, -0.25) is 0 Å². The summed E-state index contributed by atoms with van der Waals surface area (Å²) >= 11 is 13.0. The molecule has 0 saturated heterocycles. The number of halogens is 3. The average Bonchev–Trinajstić information content (AvgIpc) is 3.60. The third-order valence-electron chi connectivity index (χ3n) is 7.23. The Morgan fingerprint density at radius 2 is 1.74 bits per heavy atom. The normalized spacial score (nSPS) is 12.8. The predicted octanol–water partition coefficient (Wildman–Crippen LogP) is 8.58. The molecule has 0 radical (unpaired) electrons. The van der Waals surface area contributed by atoms with Crippen LogP contribution in [-0.4, -0.2) is 26.3 Å². The second-order valence-corrected chi connectivity index (χ2v) is 10.1. The molecule has 0 fully saturated rings. The van der Waals surface area contributed by atoms with Gasteiger partial charge in [0.2, 0.25) is 0 Å². The number of nitrogens with one attached hydrogen (secondary N) is 1. The van der Waals surface area contributed by atoms with Crippen LogP contribution in [0.5, 0.6) is 0 Å². The molecule has 1 N–H and O–H groups in total. The van der Waals surface area contributed by atoms with Crippen molar-refractivity contribution in [2.75, 3.05) is 11.4 Å². The van der Waals surface area contributed by atoms with E-state index < -0.39 is 5.82 Å². The van der Waals surface area contributed by atoms with E-state index in [2.05, 4.69) is 63.7 Å². The zero-order valence-electron chi connectivity index (χ0n) is 22.7. The molecule has 0 saturated carbocycles. The van der Waals surface area contributed by atoms with Gasteiger partial charge in [0.05, 0.1) is 38.8 Å². The summed E-state index contributed by atoms with van der Waals surface area (Å²) < 4.78 is 15.9. The molecule has 2 aromatic carbocycles. The Kier molecular flexibility index (Phi) is 7.96. The molecule has 0 amide bonds. The Balaban J connectivity index is 0.00000151. The van der Waals surface area contributed by atoms with Crippen LogP contribution in [0.4, 0.5) is 10.2 Å². The Morgan fingerprint density at radius 3 is 2.44 bits per heavy atom. The molecule has 0 bridgehead atoms. The van der Waals surface area contributed by atoms with Gasteiger partial charge in [-0.15, -0.1) is 0 Å². The number of rotatable bonds is 5. The Hall–Kier alpha value is -3.35. The number of aromatic nitrogens is 4. The van der Waals surface area contributed by atoms with Crippen molar-refractivity contribution in [1.82, 2.24) is 19.7 Å². The predicted molar refractivity (Wildman–Crippen MR) is 160 cm³/mol. The van der Waals surface area contributed by atoms with E-state index in [9.17, 15) is 4.39 Å². The number of nitrogens with zero attached hydrogens (tertiary/aromatic N) is 4. The molecule has 8 heteroatoms. The van der Waals surface area contributed by atoms with E-state index in [1.165, 1.54) is 23.4 Å². The van der Waals surface area contributed by atoms with Crippen LogP contribution in [-0.2, 0) is 25.8 Å². The Bertz CT molecular complexity index is 1620. The lowest BCUT2D eigenvalue weighted by molar-refractivity contribution is 0.619. The summed E-state index contributed by atoms with van der Waals surface area (Å²) in [6.45, 7) is 9.61. The number of para-hydroxylation sites is 1. The Morgan fingerprint density at radius 1 is 1.00 bits per heavy atom. The molecule has 39 heavy (non-hydrogen) atoms. The maximum absolute atomic E-state index is 13.7. The smallest absolute Gasteiger partial charge is 0.147 e. The lowest BCUT2D eigenvalue weighted by Crippen LogP contribution is -2.31. The van der Waals surface area contributed by atoms with Gasteiger partial charge in [0.1, 0.15) is 11.6 Å². The molecule has 0 unspecified atom stereocenters. The molecular weight excluding hydrogens is 532 g/mol. The zero-order valence-corrected chi connectivity index (χ0v) is 24.2. The standard InChI is InChI=1S/C29H26Cl2FN5.C2H6/c1-3-17-6-5-7-18(4-2)27(17)37-28(21-8-9-23(30)26-20(21)10-12-33-26)22-16-36(13-11-25(22)35-37)29-24(31)14-19(32)15-34-29;1-2/h5-10,12,14-15,33H,3-4,11,13,16H2,1-2H3;1-2H3. The summed E-state index contributed by atoms with van der Waals surface area (Å²) in [6, 6.07) is 13.9. The fourth-order valence-electron chi connectivity index (χ4n) is 5.45. The van der Waals surface area contributed by atoms with E-state index in [4.69, 9.17) is 28.3 Å². The van der Waals surface area contributed by atoms with E-state index in [1.54, 1.807) is 0 Å². The largest absolute Gasteiger partial charge is 0.360 e. The van der Waals surface area contributed by atoms with E-state index in [-0.39, 0.29) is 0 Å². The molecule has 5 aromatic rings. The number of H-pyrrole nitrogens is 1. The van der Waals surface area contributed by atoms with Gasteiger partial charge in [0.15, 0.2) is 0 Å². The van der Waals surface area contributed by atoms with E-state index in [0.29, 0.717) is 29.0 Å². The summed E-state index contributed by atoms with van der Waals surface area (Å²) in [5.41, 5.74) is 8.80. The number of pyridine rings is 1. The first-order valence-electron chi connectivity index (χ1n) is 13.5. The average molecular weight is 565 g/mol. The van der Waals surface area contributed by atoms with Crippen LogP contribution in [0.25, 0.3) is 27.8 Å². The second kappa shape index (κ2) is 11.4. The van der Waals surface area contributed by atoms with Crippen molar-refractivity contribution in [3.63, 3.8) is 0 Å². The summed E-state index contributed by atoms with van der Waals surface area (Å²) in [5, 5.41) is 7.25. The highest BCUT2D eigenvalue weighted by Crippen LogP contribution is 2.40. The monoisotopic (exact) mass is 563 g/mol. The minimum atomic E-state index is -0.445. The van der Waals surface area contributed by atoms with E-state index in [1.807, 2.05) is 26.1 Å². The van der Waals surface area contributed by atoms with Crippen molar-refractivity contribution < 1.29 is 4.39 Å². The highest BCUT2D eigenvalue weighted by atomic mass is 35.5. The lowest BCUT2D eigenvalue weighted by Gasteiger charge is -2.28. The number of aromatic amines is 1. The number of fused-ring (bicyclic) bond motifs is 2. The van der Waals surface area contributed by atoms with Gasteiger partial charge in [-0.05, 0) is 42.2 Å². The van der Waals surface area contributed by atoms with Gasteiger partial charge in [0.25, 0.3) is 0 Å². The van der Waals surface area contributed by atoms with Crippen LogP contribution in [0.15, 0.2) is 54.9 Å². The molecule has 0 spiro atoms. The summed E-state index contributed by atoms with van der Waals surface area (Å²) in [7, 11) is 0. The number of hydrogen-bond acceptors (Lipinski definition) is 3. The van der Waals surface area contributed by atoms with Crippen LogP contribution >= 0.6 is 23.2 Å². The minimum absolute atomic E-state index is 0.307. The first kappa shape index (κ1) is 27.2. The number of aryl methyl sites for hydroxylation is 2. The van der Waals surface area contributed by atoms with Crippen molar-refractivity contribution in [1.29, 1.82) is 0 Å². The van der Waals surface area contributed by atoms with Crippen LogP contribution in [0.2, 0.25) is 10.0 Å². The molecular formula is C31H32Cl2FN5. The van der Waals surface area contributed by atoms with Crippen molar-refractivity contribution in [3.05, 3.63) is 93.1 Å². The molecule has 202 valence electrons. The maximum Gasteiger partial charge on any atom is 0.147 e. The molecule has 1 aliphatic heterocycles. The summed E-state index contributed by atoms with van der Waals surface area (Å²) in [6.07, 6.45) is 5.65. The molecule has 0 atom stereocenters. The highest BCUT2D eigenvalue weighted by Gasteiger charge is 2.30. The number of benzene rings is 2. The third-order valence-corrected chi connectivity index (χ3v) is 7.82. The fraction of sp³-hybridized carbons (Fsp3) is 0.290. The quantitative estimate of drug-likeness (QED) is 0.233. The zero-order chi connectivity index (χ0) is 27.7. The summed E-state index contributed by atoms with van der Waals surface area (Å²) in [4.78, 5) is 9.71. The lowest BCUT2D eigenvalue weighted by atomic mass is 9.97. The van der Waals surface area contributed by atoms with Gasteiger partial charge in [-0.2, -0.15) is 5.10 Å². The SMILES string of the molecule is CC.CCc1cccc(CC)c1-n1nc2c(c1-c1ccc(Cl)c3[nH]ccc13)CN(c1ncc(F)cc1Cl)CC2. The maximum atomic E-state index is 13.7. The molecule has 6 rings (SSSR count). The second-order valence-electron chi connectivity index (χ2n) is 9.31. The molecule has 3 aromatic heterocycles. The van der Waals surface area contributed by atoms with Crippen LogP contribution in [0.3, 0.4) is 0 Å². The van der Waals surface area contributed by atoms with Gasteiger partial charge in [-0.1, -0.05) is 75.2 Å². The van der Waals surface area contributed by atoms with Crippen LogP contribution in [0, 0.1) is 5.82 Å². The molecule has 4 heterocycles. The number of hydrogen-bond donors (Lipinski definition) is 1. The fourth-order valence-corrected chi connectivity index (χ4v) is 5.94. The summed E-state index contributed by atoms with van der Waals surface area (Å²) in [5.74, 6) is 0.137. The van der Waals surface area contributed by atoms with Crippen molar-refractivity contribution in [2.45, 2.75) is 53.5 Å². The first-order chi connectivity index (χ1) is 19.0. The van der Waals surface area contributed by atoms with Crippen LogP contribution < -0.4 is 4.90 Å². The molecule has 1 aliphatic rings. The van der Waals surface area contributed by atoms with E-state index >= 15 is 0 Å². The Labute approximate surface area is 238 Å². The number of anilines is 1. The first-order valence-corrected chi connectivity index (χ1v) is 14.3. The van der Waals surface area contributed by atoms with Crippen molar-refractivity contribution in [3.8, 4) is 16.9 Å².